The van der Waals surface area contributed by atoms with Crippen molar-refractivity contribution in [2.75, 3.05) is 19.5 Å². The highest BCUT2D eigenvalue weighted by Gasteiger charge is 2.43. The van der Waals surface area contributed by atoms with Crippen LogP contribution in [-0.2, 0) is 9.59 Å². The molecular weight excluding hydrogens is 508 g/mol. The first-order valence-corrected chi connectivity index (χ1v) is 13.3. The second kappa shape index (κ2) is 12.0. The van der Waals surface area contributed by atoms with E-state index in [-0.39, 0.29) is 24.3 Å². The lowest BCUT2D eigenvalue weighted by Crippen LogP contribution is -2.40. The van der Waals surface area contributed by atoms with Crippen LogP contribution in [0, 0.1) is 0 Å². The standard InChI is InChI=1S/C25H27F2N3O4S2/c1-33-17-9-12-19(20(13-17)34-2)29-22(31)14-21-23(32)30(16-5-3-4-6-16)25(36-21)28-15-7-10-18(11-8-15)35-24(26)27/h7-13,16,21,24H,3-6,14H2,1-2H3,(H,29,31). The smallest absolute Gasteiger partial charge is 0.288 e. The number of nitrogens with zero attached hydrogens (tertiary/aromatic N) is 2. The Hall–Kier alpha value is -2.79. The summed E-state index contributed by atoms with van der Waals surface area (Å²) in [6.07, 6.45) is 3.82. The number of hydrogen-bond acceptors (Lipinski definition) is 7. The van der Waals surface area contributed by atoms with Crippen molar-refractivity contribution in [2.24, 2.45) is 4.99 Å². The third-order valence-corrected chi connectivity index (χ3v) is 7.87. The van der Waals surface area contributed by atoms with Gasteiger partial charge in [0.05, 0.1) is 25.6 Å². The van der Waals surface area contributed by atoms with Crippen molar-refractivity contribution in [3.63, 3.8) is 0 Å². The van der Waals surface area contributed by atoms with Crippen LogP contribution in [0.4, 0.5) is 20.2 Å². The summed E-state index contributed by atoms with van der Waals surface area (Å²) in [5.41, 5.74) is 1.06. The van der Waals surface area contributed by atoms with Gasteiger partial charge in [-0.25, -0.2) is 4.99 Å². The summed E-state index contributed by atoms with van der Waals surface area (Å²) in [7, 11) is 3.05. The lowest BCUT2D eigenvalue weighted by Gasteiger charge is -2.23. The van der Waals surface area contributed by atoms with Gasteiger partial charge < -0.3 is 14.8 Å². The highest BCUT2D eigenvalue weighted by atomic mass is 32.2. The molecule has 36 heavy (non-hydrogen) atoms. The normalized spacial score (nSPS) is 19.4. The zero-order valence-electron chi connectivity index (χ0n) is 19.9. The molecule has 2 aromatic carbocycles. The Kier molecular flexibility index (Phi) is 8.73. The maximum absolute atomic E-state index is 13.4. The van der Waals surface area contributed by atoms with Crippen LogP contribution < -0.4 is 14.8 Å². The highest BCUT2D eigenvalue weighted by Crippen LogP contribution is 2.38. The van der Waals surface area contributed by atoms with E-state index in [0.717, 1.165) is 25.7 Å². The van der Waals surface area contributed by atoms with Gasteiger partial charge in [0.25, 0.3) is 5.76 Å². The molecule has 1 heterocycles. The predicted octanol–water partition coefficient (Wildman–Crippen LogP) is 5.92. The van der Waals surface area contributed by atoms with Crippen LogP contribution in [0.15, 0.2) is 52.4 Å². The van der Waals surface area contributed by atoms with Gasteiger partial charge in [-0.3, -0.25) is 14.5 Å². The molecule has 1 saturated carbocycles. The van der Waals surface area contributed by atoms with Crippen molar-refractivity contribution in [2.45, 2.75) is 54.0 Å². The summed E-state index contributed by atoms with van der Waals surface area (Å²) in [6.45, 7) is 0. The van der Waals surface area contributed by atoms with E-state index in [1.165, 1.54) is 18.9 Å². The van der Waals surface area contributed by atoms with Crippen molar-refractivity contribution >= 4 is 51.9 Å². The molecule has 2 aliphatic rings. The summed E-state index contributed by atoms with van der Waals surface area (Å²) in [5.74, 6) is -1.89. The lowest BCUT2D eigenvalue weighted by molar-refractivity contribution is -0.129. The third-order valence-electron chi connectivity index (χ3n) is 6.00. The molecule has 0 bridgehead atoms. The zero-order valence-corrected chi connectivity index (χ0v) is 21.5. The van der Waals surface area contributed by atoms with E-state index in [0.29, 0.717) is 44.7 Å². The largest absolute Gasteiger partial charge is 0.497 e. The molecule has 1 aliphatic heterocycles. The van der Waals surface area contributed by atoms with Crippen LogP contribution in [0.1, 0.15) is 32.1 Å². The Morgan fingerprint density at radius 2 is 1.89 bits per heavy atom. The number of amidine groups is 1. The van der Waals surface area contributed by atoms with Crippen LogP contribution in [-0.4, -0.2) is 53.2 Å². The number of halogens is 2. The number of nitrogens with one attached hydrogen (secondary N) is 1. The van der Waals surface area contributed by atoms with Gasteiger partial charge in [0, 0.05) is 23.4 Å². The van der Waals surface area contributed by atoms with E-state index in [1.807, 2.05) is 0 Å². The van der Waals surface area contributed by atoms with E-state index in [1.54, 1.807) is 54.5 Å². The lowest BCUT2D eigenvalue weighted by atomic mass is 10.2. The van der Waals surface area contributed by atoms with Gasteiger partial charge in [-0.05, 0) is 49.2 Å². The van der Waals surface area contributed by atoms with E-state index >= 15 is 0 Å². The monoisotopic (exact) mass is 535 g/mol. The zero-order chi connectivity index (χ0) is 25.7. The van der Waals surface area contributed by atoms with Crippen molar-refractivity contribution in [1.82, 2.24) is 4.90 Å². The summed E-state index contributed by atoms with van der Waals surface area (Å²) in [4.78, 5) is 33.1. The third kappa shape index (κ3) is 6.31. The van der Waals surface area contributed by atoms with E-state index < -0.39 is 11.0 Å². The number of carbonyl (C=O) groups excluding carboxylic acids is 2. The van der Waals surface area contributed by atoms with Crippen LogP contribution in [0.2, 0.25) is 0 Å². The Labute approximate surface area is 217 Å². The number of anilines is 1. The van der Waals surface area contributed by atoms with E-state index in [2.05, 4.69) is 10.3 Å². The van der Waals surface area contributed by atoms with Crippen molar-refractivity contribution in [3.8, 4) is 11.5 Å². The Balaban J connectivity index is 1.50. The van der Waals surface area contributed by atoms with Crippen LogP contribution in [0.3, 0.4) is 0 Å². The Morgan fingerprint density at radius 1 is 1.17 bits per heavy atom. The molecule has 1 aliphatic carbocycles. The average Bonchev–Trinajstić information content (AvgIpc) is 3.48. The van der Waals surface area contributed by atoms with Crippen LogP contribution in [0.5, 0.6) is 11.5 Å². The SMILES string of the molecule is COc1ccc(NC(=O)CC2SC(=Nc3ccc(SC(F)F)cc3)N(C3CCCC3)C2=O)c(OC)c1. The molecule has 11 heteroatoms. The number of thioether (sulfide) groups is 2. The second-order valence-corrected chi connectivity index (χ2v) is 10.6. The molecule has 2 fully saturated rings. The average molecular weight is 536 g/mol. The number of benzene rings is 2. The van der Waals surface area contributed by atoms with Crippen LogP contribution in [0.25, 0.3) is 0 Å². The van der Waals surface area contributed by atoms with E-state index in [9.17, 15) is 18.4 Å². The first kappa shape index (κ1) is 26.3. The molecule has 7 nitrogen and oxygen atoms in total. The molecule has 4 rings (SSSR count). The number of aliphatic imine (C=N–C) groups is 1. The second-order valence-electron chi connectivity index (χ2n) is 8.34. The van der Waals surface area contributed by atoms with Gasteiger partial charge in [0.15, 0.2) is 5.17 Å². The summed E-state index contributed by atoms with van der Waals surface area (Å²) in [5, 5.41) is 2.76. The molecule has 2 aromatic rings. The number of ether oxygens (including phenoxy) is 2. The van der Waals surface area contributed by atoms with Crippen LogP contribution >= 0.6 is 23.5 Å². The molecule has 192 valence electrons. The van der Waals surface area contributed by atoms with Crippen molar-refractivity contribution in [3.05, 3.63) is 42.5 Å². The topological polar surface area (TPSA) is 80.2 Å². The quantitative estimate of drug-likeness (QED) is 0.402. The molecule has 1 unspecified atom stereocenters. The fourth-order valence-electron chi connectivity index (χ4n) is 4.28. The van der Waals surface area contributed by atoms with Crippen molar-refractivity contribution in [1.29, 1.82) is 0 Å². The molecule has 1 saturated heterocycles. The van der Waals surface area contributed by atoms with Crippen molar-refractivity contribution < 1.29 is 27.8 Å². The summed E-state index contributed by atoms with van der Waals surface area (Å²) in [6, 6.07) is 11.6. The maximum atomic E-state index is 13.4. The Bertz CT molecular complexity index is 1120. The number of hydrogen-bond donors (Lipinski definition) is 1. The van der Waals surface area contributed by atoms with Gasteiger partial charge in [0.2, 0.25) is 11.8 Å². The first-order valence-electron chi connectivity index (χ1n) is 11.5. The molecule has 2 amide bonds. The van der Waals surface area contributed by atoms with Gasteiger partial charge >= 0.3 is 0 Å². The highest BCUT2D eigenvalue weighted by molar-refractivity contribution is 8.15. The minimum Gasteiger partial charge on any atom is -0.497 e. The number of amides is 2. The number of alkyl halides is 2. The molecule has 0 spiro atoms. The minimum absolute atomic E-state index is 0.0229. The fourth-order valence-corrected chi connectivity index (χ4v) is 5.99. The van der Waals surface area contributed by atoms with Gasteiger partial charge in [-0.1, -0.05) is 36.4 Å². The fraction of sp³-hybridized carbons (Fsp3) is 0.400. The number of methoxy groups -OCH3 is 2. The summed E-state index contributed by atoms with van der Waals surface area (Å²) < 4.78 is 35.8. The number of rotatable bonds is 9. The molecule has 1 N–H and O–H groups in total. The van der Waals surface area contributed by atoms with Gasteiger partial charge in [-0.15, -0.1) is 0 Å². The Morgan fingerprint density at radius 3 is 2.53 bits per heavy atom. The maximum Gasteiger partial charge on any atom is 0.288 e. The number of carbonyl (C=O) groups is 2. The van der Waals surface area contributed by atoms with Gasteiger partial charge in [-0.2, -0.15) is 8.78 Å². The first-order chi connectivity index (χ1) is 17.4. The molecular formula is C25H27F2N3O4S2. The molecule has 1 atom stereocenters. The van der Waals surface area contributed by atoms with Gasteiger partial charge in [0.1, 0.15) is 16.7 Å². The molecule has 0 aromatic heterocycles. The van der Waals surface area contributed by atoms with E-state index in [4.69, 9.17) is 9.47 Å². The predicted molar refractivity (Wildman–Crippen MR) is 139 cm³/mol. The summed E-state index contributed by atoms with van der Waals surface area (Å²) >= 11 is 1.74. The minimum atomic E-state index is -2.49. The molecule has 0 radical (unpaired) electrons.